The van der Waals surface area contributed by atoms with Crippen LogP contribution in [-0.2, 0) is 6.54 Å². The van der Waals surface area contributed by atoms with E-state index in [4.69, 9.17) is 9.47 Å². The Morgan fingerprint density at radius 3 is 2.84 bits per heavy atom. The Morgan fingerprint density at radius 1 is 1.20 bits per heavy atom. The number of anilines is 1. The Bertz CT molecular complexity index is 695. The van der Waals surface area contributed by atoms with E-state index in [9.17, 15) is 0 Å². The molecule has 1 unspecified atom stereocenters. The highest BCUT2D eigenvalue weighted by atomic mass is 16.5. The van der Waals surface area contributed by atoms with Gasteiger partial charge >= 0.3 is 0 Å². The van der Waals surface area contributed by atoms with Gasteiger partial charge in [-0.25, -0.2) is 4.98 Å². The van der Waals surface area contributed by atoms with Crippen LogP contribution in [0.3, 0.4) is 0 Å². The lowest BCUT2D eigenvalue weighted by Gasteiger charge is -2.37. The van der Waals surface area contributed by atoms with Crippen molar-refractivity contribution in [2.45, 2.75) is 25.4 Å². The van der Waals surface area contributed by atoms with E-state index in [1.54, 1.807) is 26.5 Å². The molecule has 0 spiro atoms. The molecule has 1 saturated heterocycles. The Balaban J connectivity index is 1.68. The summed E-state index contributed by atoms with van der Waals surface area (Å²) in [6, 6.07) is 10.4. The predicted octanol–water partition coefficient (Wildman–Crippen LogP) is 2.59. The molecule has 0 N–H and O–H groups in total. The van der Waals surface area contributed by atoms with E-state index >= 15 is 0 Å². The first kappa shape index (κ1) is 17.5. The molecule has 1 atom stereocenters. The molecule has 2 aromatic rings. The molecule has 0 aliphatic carbocycles. The Morgan fingerprint density at radius 2 is 2.04 bits per heavy atom. The van der Waals surface area contributed by atoms with Gasteiger partial charge in [0.05, 0.1) is 14.2 Å². The zero-order valence-corrected chi connectivity index (χ0v) is 15.2. The van der Waals surface area contributed by atoms with Gasteiger partial charge in [0.15, 0.2) is 0 Å². The number of piperidine rings is 1. The van der Waals surface area contributed by atoms with E-state index in [-0.39, 0.29) is 0 Å². The number of benzene rings is 1. The number of ether oxygens (including phenoxy) is 2. The number of hydrogen-bond donors (Lipinski definition) is 0. The van der Waals surface area contributed by atoms with E-state index in [1.165, 1.54) is 5.56 Å². The Hall–Kier alpha value is -2.34. The second kappa shape index (κ2) is 8.16. The molecule has 1 fully saturated rings. The highest BCUT2D eigenvalue weighted by Crippen LogP contribution is 2.24. The molecule has 6 nitrogen and oxygen atoms in total. The minimum Gasteiger partial charge on any atom is -0.496 e. The molecule has 3 rings (SSSR count). The maximum absolute atomic E-state index is 5.49. The first-order valence-corrected chi connectivity index (χ1v) is 8.65. The lowest BCUT2D eigenvalue weighted by molar-refractivity contribution is 0.196. The van der Waals surface area contributed by atoms with Gasteiger partial charge in [0.25, 0.3) is 0 Å². The SMILES string of the molecule is COc1ccnc(N(C)C2CCCN(Cc3ccccc3OC)C2)n1. The van der Waals surface area contributed by atoms with Crippen LogP contribution in [0.5, 0.6) is 11.6 Å². The number of hydrogen-bond acceptors (Lipinski definition) is 6. The van der Waals surface area contributed by atoms with Crippen molar-refractivity contribution in [1.29, 1.82) is 0 Å². The monoisotopic (exact) mass is 342 g/mol. The summed E-state index contributed by atoms with van der Waals surface area (Å²) in [6.45, 7) is 2.98. The van der Waals surface area contributed by atoms with Gasteiger partial charge in [0, 0.05) is 44.0 Å². The van der Waals surface area contributed by atoms with Gasteiger partial charge in [-0.1, -0.05) is 18.2 Å². The van der Waals surface area contributed by atoms with Crippen LogP contribution in [0.25, 0.3) is 0 Å². The van der Waals surface area contributed by atoms with E-state index in [0.717, 1.165) is 38.2 Å². The van der Waals surface area contributed by atoms with Crippen LogP contribution < -0.4 is 14.4 Å². The number of aromatic nitrogens is 2. The fourth-order valence-corrected chi connectivity index (χ4v) is 3.34. The van der Waals surface area contributed by atoms with Gasteiger partial charge in [-0.2, -0.15) is 4.98 Å². The van der Waals surface area contributed by atoms with Crippen LogP contribution in [0.4, 0.5) is 5.95 Å². The van der Waals surface area contributed by atoms with Crippen LogP contribution in [0.15, 0.2) is 36.5 Å². The zero-order valence-electron chi connectivity index (χ0n) is 15.2. The average molecular weight is 342 g/mol. The number of nitrogens with zero attached hydrogens (tertiary/aromatic N) is 4. The maximum Gasteiger partial charge on any atom is 0.228 e. The smallest absolute Gasteiger partial charge is 0.228 e. The lowest BCUT2D eigenvalue weighted by atomic mass is 10.0. The fourth-order valence-electron chi connectivity index (χ4n) is 3.34. The first-order valence-electron chi connectivity index (χ1n) is 8.65. The molecule has 25 heavy (non-hydrogen) atoms. The van der Waals surface area contributed by atoms with Gasteiger partial charge in [-0.05, 0) is 25.5 Å². The second-order valence-corrected chi connectivity index (χ2v) is 6.35. The summed E-state index contributed by atoms with van der Waals surface area (Å²) in [5.41, 5.74) is 1.23. The van der Waals surface area contributed by atoms with Crippen molar-refractivity contribution in [3.05, 3.63) is 42.1 Å². The molecule has 0 radical (unpaired) electrons. The molecule has 1 aromatic carbocycles. The number of likely N-dealkylation sites (N-methyl/N-ethyl adjacent to an activating group) is 1. The third-order valence-electron chi connectivity index (χ3n) is 4.76. The summed E-state index contributed by atoms with van der Waals surface area (Å²) in [4.78, 5) is 13.5. The molecule has 1 aliphatic rings. The van der Waals surface area contributed by atoms with Crippen molar-refractivity contribution in [1.82, 2.24) is 14.9 Å². The van der Waals surface area contributed by atoms with Gasteiger partial charge < -0.3 is 14.4 Å². The average Bonchev–Trinajstić information content (AvgIpc) is 2.68. The van der Waals surface area contributed by atoms with Crippen molar-refractivity contribution >= 4 is 5.95 Å². The molecule has 0 amide bonds. The van der Waals surface area contributed by atoms with Crippen LogP contribution in [-0.4, -0.2) is 55.3 Å². The van der Waals surface area contributed by atoms with Crippen LogP contribution >= 0.6 is 0 Å². The number of methoxy groups -OCH3 is 2. The number of likely N-dealkylation sites (tertiary alicyclic amines) is 1. The topological polar surface area (TPSA) is 50.7 Å². The molecular weight excluding hydrogens is 316 g/mol. The largest absolute Gasteiger partial charge is 0.496 e. The first-order chi connectivity index (χ1) is 12.2. The van der Waals surface area contributed by atoms with E-state index in [1.807, 2.05) is 12.1 Å². The number of para-hydroxylation sites is 1. The van der Waals surface area contributed by atoms with Gasteiger partial charge in [0.2, 0.25) is 11.8 Å². The highest BCUT2D eigenvalue weighted by Gasteiger charge is 2.25. The minimum absolute atomic E-state index is 0.385. The van der Waals surface area contributed by atoms with Gasteiger partial charge in [-0.15, -0.1) is 0 Å². The van der Waals surface area contributed by atoms with Crippen molar-refractivity contribution < 1.29 is 9.47 Å². The summed E-state index contributed by atoms with van der Waals surface area (Å²) in [5, 5.41) is 0. The molecule has 1 aliphatic heterocycles. The summed E-state index contributed by atoms with van der Waals surface area (Å²) >= 11 is 0. The normalized spacial score (nSPS) is 18.0. The van der Waals surface area contributed by atoms with E-state index in [0.29, 0.717) is 17.9 Å². The molecular formula is C19H26N4O2. The number of rotatable bonds is 6. The molecule has 0 bridgehead atoms. The third-order valence-corrected chi connectivity index (χ3v) is 4.76. The highest BCUT2D eigenvalue weighted by molar-refractivity contribution is 5.34. The summed E-state index contributed by atoms with van der Waals surface area (Å²) in [7, 11) is 5.42. The van der Waals surface area contributed by atoms with Crippen LogP contribution in [0, 0.1) is 0 Å². The van der Waals surface area contributed by atoms with Crippen molar-refractivity contribution in [2.75, 3.05) is 39.3 Å². The summed E-state index contributed by atoms with van der Waals surface area (Å²) in [6.07, 6.45) is 4.04. The molecule has 1 aromatic heterocycles. The Kier molecular flexibility index (Phi) is 5.71. The molecule has 2 heterocycles. The third kappa shape index (κ3) is 4.20. The fraction of sp³-hybridized carbons (Fsp3) is 0.474. The zero-order chi connectivity index (χ0) is 17.6. The summed E-state index contributed by atoms with van der Waals surface area (Å²) in [5.74, 6) is 2.26. The van der Waals surface area contributed by atoms with Gasteiger partial charge in [0.1, 0.15) is 5.75 Å². The standard InChI is InChI=1S/C19H26N4O2/c1-22(19-20-11-10-18(21-19)25-3)16-8-6-12-23(14-16)13-15-7-4-5-9-17(15)24-2/h4-5,7,9-11,16H,6,8,12-14H2,1-3H3. The van der Waals surface area contributed by atoms with Crippen molar-refractivity contribution in [3.63, 3.8) is 0 Å². The minimum atomic E-state index is 0.385. The predicted molar refractivity (Wildman–Crippen MR) is 98.3 cm³/mol. The van der Waals surface area contributed by atoms with Gasteiger partial charge in [-0.3, -0.25) is 4.90 Å². The quantitative estimate of drug-likeness (QED) is 0.804. The molecule has 0 saturated carbocycles. The Labute approximate surface area is 149 Å². The summed E-state index contributed by atoms with van der Waals surface area (Å²) < 4.78 is 10.7. The molecule has 134 valence electrons. The second-order valence-electron chi connectivity index (χ2n) is 6.35. The van der Waals surface area contributed by atoms with Crippen molar-refractivity contribution in [2.24, 2.45) is 0 Å². The van der Waals surface area contributed by atoms with E-state index in [2.05, 4.69) is 38.9 Å². The van der Waals surface area contributed by atoms with E-state index < -0.39 is 0 Å². The van der Waals surface area contributed by atoms with Crippen molar-refractivity contribution in [3.8, 4) is 11.6 Å². The lowest BCUT2D eigenvalue weighted by Crippen LogP contribution is -2.46. The maximum atomic E-state index is 5.49. The van der Waals surface area contributed by atoms with Crippen LogP contribution in [0.2, 0.25) is 0 Å². The van der Waals surface area contributed by atoms with Crippen LogP contribution in [0.1, 0.15) is 18.4 Å². The molecule has 6 heteroatoms.